The van der Waals surface area contributed by atoms with Gasteiger partial charge in [0.25, 0.3) is 0 Å². The van der Waals surface area contributed by atoms with Gasteiger partial charge in [0.1, 0.15) is 17.7 Å². The van der Waals surface area contributed by atoms with E-state index in [-0.39, 0.29) is 11.4 Å². The number of rotatable bonds is 3. The number of nitriles is 2. The second kappa shape index (κ2) is 8.12. The smallest absolute Gasteiger partial charge is 0.194 e. The molecule has 7 nitrogen and oxygen atoms in total. The molecule has 0 N–H and O–H groups in total. The molecule has 0 saturated carbocycles. The van der Waals surface area contributed by atoms with Crippen LogP contribution >= 0.6 is 0 Å². The fraction of sp³-hybridized carbons (Fsp3) is 0.0345. The van der Waals surface area contributed by atoms with Crippen LogP contribution in [0.5, 0.6) is 0 Å². The van der Waals surface area contributed by atoms with E-state index in [1.807, 2.05) is 76.9 Å². The highest BCUT2D eigenvalue weighted by Crippen LogP contribution is 2.40. The van der Waals surface area contributed by atoms with Crippen molar-refractivity contribution in [2.24, 2.45) is 7.05 Å². The molecule has 0 saturated heterocycles. The first-order valence-corrected chi connectivity index (χ1v) is 11.2. The summed E-state index contributed by atoms with van der Waals surface area (Å²) in [7, 11) is 1.91. The van der Waals surface area contributed by atoms with Gasteiger partial charge in [-0.1, -0.05) is 42.5 Å². The summed E-state index contributed by atoms with van der Waals surface area (Å²) >= 11 is 0. The number of furan rings is 1. The zero-order valence-electron chi connectivity index (χ0n) is 19.1. The van der Waals surface area contributed by atoms with Crippen LogP contribution in [-0.2, 0) is 7.05 Å². The number of fused-ring (bicyclic) bond motifs is 2. The maximum absolute atomic E-state index is 13.5. The lowest BCUT2D eigenvalue weighted by Gasteiger charge is -2.08. The lowest BCUT2D eigenvalue weighted by Crippen LogP contribution is -2.00. The summed E-state index contributed by atoms with van der Waals surface area (Å²) in [5, 5.41) is 19.3. The highest BCUT2D eigenvalue weighted by molar-refractivity contribution is 6.29. The van der Waals surface area contributed by atoms with Gasteiger partial charge in [0.2, 0.25) is 0 Å². The highest BCUT2D eigenvalue weighted by Gasteiger charge is 2.33. The molecule has 1 aliphatic rings. The summed E-state index contributed by atoms with van der Waals surface area (Å²) in [6.45, 7) is 0. The average Bonchev–Trinajstić information content (AvgIpc) is 3.67. The maximum atomic E-state index is 13.5. The van der Waals surface area contributed by atoms with E-state index in [4.69, 9.17) is 9.40 Å². The summed E-state index contributed by atoms with van der Waals surface area (Å²) in [4.78, 5) is 18.3. The molecule has 1 aliphatic carbocycles. The van der Waals surface area contributed by atoms with E-state index in [0.717, 1.165) is 11.2 Å². The number of para-hydroxylation sites is 1. The van der Waals surface area contributed by atoms with Gasteiger partial charge in [-0.25, -0.2) is 4.98 Å². The number of allylic oxidation sites excluding steroid dienone is 3. The van der Waals surface area contributed by atoms with Gasteiger partial charge in [0.05, 0.1) is 17.5 Å². The number of nitrogens with zero attached hydrogens (tertiary/aromatic N) is 5. The van der Waals surface area contributed by atoms with Crippen molar-refractivity contribution < 1.29 is 9.21 Å². The first-order valence-electron chi connectivity index (χ1n) is 11.2. The minimum absolute atomic E-state index is 0.0971. The summed E-state index contributed by atoms with van der Waals surface area (Å²) in [6.07, 6.45) is 3.35. The lowest BCUT2D eigenvalue weighted by molar-refractivity contribution is 0.104. The molecule has 0 spiro atoms. The third-order valence-electron chi connectivity index (χ3n) is 6.35. The van der Waals surface area contributed by atoms with Crippen LogP contribution in [0.4, 0.5) is 0 Å². The number of hydrogen-bond donors (Lipinski definition) is 0. The molecule has 0 amide bonds. The zero-order chi connectivity index (χ0) is 24.8. The summed E-state index contributed by atoms with van der Waals surface area (Å²) < 4.78 is 9.48. The molecule has 0 radical (unpaired) electrons. The fourth-order valence-electron chi connectivity index (χ4n) is 4.72. The van der Waals surface area contributed by atoms with Gasteiger partial charge in [-0.05, 0) is 42.0 Å². The molecule has 0 aliphatic heterocycles. The van der Waals surface area contributed by atoms with Crippen LogP contribution in [0, 0.1) is 22.7 Å². The number of aryl methyl sites for hydroxylation is 1. The maximum Gasteiger partial charge on any atom is 0.194 e. The number of benzene rings is 2. The Bertz CT molecular complexity index is 1800. The molecule has 5 aromatic rings. The van der Waals surface area contributed by atoms with E-state index >= 15 is 0 Å². The predicted octanol–water partition coefficient (Wildman–Crippen LogP) is 5.70. The number of carbonyl (C=O) groups is 1. The quantitative estimate of drug-likeness (QED) is 0.250. The van der Waals surface area contributed by atoms with Crippen molar-refractivity contribution in [3.8, 4) is 29.4 Å². The van der Waals surface area contributed by atoms with Gasteiger partial charge in [-0.2, -0.15) is 10.5 Å². The Morgan fingerprint density at radius 1 is 0.972 bits per heavy atom. The Morgan fingerprint density at radius 2 is 1.69 bits per heavy atom. The highest BCUT2D eigenvalue weighted by atomic mass is 16.3. The molecule has 3 heterocycles. The summed E-state index contributed by atoms with van der Waals surface area (Å²) in [5.41, 5.74) is 4.72. The summed E-state index contributed by atoms with van der Waals surface area (Å²) in [5.74, 6) is 1.10. The number of imidazole rings is 1. The third-order valence-corrected chi connectivity index (χ3v) is 6.35. The van der Waals surface area contributed by atoms with Crippen molar-refractivity contribution in [2.75, 3.05) is 0 Å². The van der Waals surface area contributed by atoms with Crippen LogP contribution in [0.15, 0.2) is 94.6 Å². The van der Waals surface area contributed by atoms with Gasteiger partial charge in [-0.15, -0.1) is 0 Å². The molecule has 6 rings (SSSR count). The number of Topliss-reactive ketones (excluding diaryl/α,β-unsaturated/α-hetero) is 1. The Hall–Kier alpha value is -5.40. The largest absolute Gasteiger partial charge is 0.461 e. The van der Waals surface area contributed by atoms with Crippen LogP contribution in [0.2, 0.25) is 0 Å². The van der Waals surface area contributed by atoms with Gasteiger partial charge < -0.3 is 8.98 Å². The molecule has 0 bridgehead atoms. The molecule has 2 aromatic carbocycles. The lowest BCUT2D eigenvalue weighted by atomic mass is 9.99. The standard InChI is InChI=1S/C29H17N5O2/c1-33-24-15-20(14-23-26(18(16-30)17-31)21-10-5-6-11-22(21)27(23)35)34(19-8-3-2-4-9-19)28(24)32-29(33)25-12-7-13-36-25/h2-15H,1H3/b23-14-. The minimum Gasteiger partial charge on any atom is -0.461 e. The molecular weight excluding hydrogens is 450 g/mol. The molecule has 170 valence electrons. The normalized spacial score (nSPS) is 13.7. The van der Waals surface area contributed by atoms with Crippen LogP contribution in [0.1, 0.15) is 21.6 Å². The van der Waals surface area contributed by atoms with Crippen molar-refractivity contribution in [3.05, 3.63) is 107 Å². The second-order valence-electron chi connectivity index (χ2n) is 8.33. The van der Waals surface area contributed by atoms with E-state index in [1.54, 1.807) is 36.6 Å². The molecular formula is C29H17N5O2. The van der Waals surface area contributed by atoms with Gasteiger partial charge in [0, 0.05) is 29.4 Å². The van der Waals surface area contributed by atoms with Crippen LogP contribution in [0.3, 0.4) is 0 Å². The van der Waals surface area contributed by atoms with E-state index in [2.05, 4.69) is 0 Å². The van der Waals surface area contributed by atoms with E-state index in [0.29, 0.717) is 45.2 Å². The topological polar surface area (TPSA) is 101 Å². The van der Waals surface area contributed by atoms with Gasteiger partial charge in [0.15, 0.2) is 23.0 Å². The summed E-state index contributed by atoms with van der Waals surface area (Å²) in [6, 6.07) is 26.3. The molecule has 0 unspecified atom stereocenters. The van der Waals surface area contributed by atoms with E-state index in [9.17, 15) is 15.3 Å². The van der Waals surface area contributed by atoms with Crippen molar-refractivity contribution in [3.63, 3.8) is 0 Å². The number of ketones is 1. The van der Waals surface area contributed by atoms with Crippen LogP contribution in [0.25, 0.3) is 40.1 Å². The average molecular weight is 467 g/mol. The molecule has 36 heavy (non-hydrogen) atoms. The molecule has 3 aromatic heterocycles. The van der Waals surface area contributed by atoms with E-state index in [1.165, 1.54) is 0 Å². The SMILES string of the molecule is Cn1c(-c2ccco2)nc2c1cc(/C=C1\C(=O)c3ccccc3C1=C(C#N)C#N)n2-c1ccccc1. The van der Waals surface area contributed by atoms with Crippen LogP contribution < -0.4 is 0 Å². The molecule has 0 fully saturated rings. The Morgan fingerprint density at radius 3 is 2.39 bits per heavy atom. The molecule has 7 heteroatoms. The second-order valence-corrected chi connectivity index (χ2v) is 8.33. The van der Waals surface area contributed by atoms with Crippen LogP contribution in [-0.4, -0.2) is 19.9 Å². The molecule has 0 atom stereocenters. The fourth-order valence-corrected chi connectivity index (χ4v) is 4.72. The van der Waals surface area contributed by atoms with Gasteiger partial charge in [-0.3, -0.25) is 9.36 Å². The Labute approximate surface area is 206 Å². The first kappa shape index (κ1) is 21.2. The predicted molar refractivity (Wildman–Crippen MR) is 135 cm³/mol. The number of hydrogen-bond acceptors (Lipinski definition) is 5. The number of aromatic nitrogens is 3. The van der Waals surface area contributed by atoms with Crippen molar-refractivity contribution in [1.29, 1.82) is 10.5 Å². The Balaban J connectivity index is 1.65. The monoisotopic (exact) mass is 467 g/mol. The zero-order valence-corrected chi connectivity index (χ0v) is 19.1. The van der Waals surface area contributed by atoms with Crippen molar-refractivity contribution in [2.45, 2.75) is 0 Å². The van der Waals surface area contributed by atoms with Crippen molar-refractivity contribution >= 4 is 28.6 Å². The minimum atomic E-state index is -0.224. The van der Waals surface area contributed by atoms with E-state index < -0.39 is 0 Å². The van der Waals surface area contributed by atoms with Crippen molar-refractivity contribution in [1.82, 2.24) is 14.1 Å². The first-order chi connectivity index (χ1) is 17.6. The number of carbonyl (C=O) groups excluding carboxylic acids is 1. The Kier molecular flexibility index (Phi) is 4.77. The van der Waals surface area contributed by atoms with Gasteiger partial charge >= 0.3 is 0 Å². The third kappa shape index (κ3) is 3.04.